The van der Waals surface area contributed by atoms with Crippen molar-refractivity contribution < 1.29 is 9.59 Å². The third-order valence-corrected chi connectivity index (χ3v) is 4.47. The summed E-state index contributed by atoms with van der Waals surface area (Å²) in [4.78, 5) is 23.9. The molecule has 1 aromatic rings. The van der Waals surface area contributed by atoms with Gasteiger partial charge in [0, 0.05) is 11.4 Å². The van der Waals surface area contributed by atoms with Gasteiger partial charge in [-0.25, -0.2) is 0 Å². The molecule has 0 aliphatic heterocycles. The van der Waals surface area contributed by atoms with E-state index in [2.05, 4.69) is 11.4 Å². The highest BCUT2D eigenvalue weighted by Crippen LogP contribution is 2.21. The number of Topliss-reactive ketones (excluding diaryl/α,β-unsaturated/α-hetero) is 1. The van der Waals surface area contributed by atoms with Crippen molar-refractivity contribution in [2.75, 3.05) is 0 Å². The van der Waals surface area contributed by atoms with Crippen LogP contribution in [0.1, 0.15) is 59.6 Å². The van der Waals surface area contributed by atoms with Crippen LogP contribution >= 0.6 is 11.3 Å². The molecule has 0 spiro atoms. The number of thiophene rings is 1. The molecule has 1 atom stereocenters. The highest BCUT2D eigenvalue weighted by atomic mass is 32.1. The van der Waals surface area contributed by atoms with Gasteiger partial charge in [-0.3, -0.25) is 9.59 Å². The number of carbonyl (C=O) groups is 2. The maximum atomic E-state index is 12.1. The number of ketones is 1. The van der Waals surface area contributed by atoms with E-state index < -0.39 is 0 Å². The standard InChI is InChI=1S/C15H19NO2S/c1-10(12-6-4-3-5-7-12)16-15(18)13-8-14(11(2)17)19-9-13/h6,8-10H,3-5,7H2,1-2H3,(H,16,18)/t10-/m0/s1. The minimum atomic E-state index is -0.0947. The summed E-state index contributed by atoms with van der Waals surface area (Å²) in [5.41, 5.74) is 1.90. The number of nitrogens with one attached hydrogen (secondary N) is 1. The topological polar surface area (TPSA) is 46.2 Å². The molecule has 1 aromatic heterocycles. The number of amides is 1. The van der Waals surface area contributed by atoms with Gasteiger partial charge in [-0.1, -0.05) is 11.6 Å². The second-order valence-corrected chi connectivity index (χ2v) is 5.89. The van der Waals surface area contributed by atoms with E-state index in [4.69, 9.17) is 0 Å². The second-order valence-electron chi connectivity index (χ2n) is 4.98. The summed E-state index contributed by atoms with van der Waals surface area (Å²) in [5.74, 6) is -0.0881. The van der Waals surface area contributed by atoms with Crippen LogP contribution in [0.4, 0.5) is 0 Å². The molecule has 0 saturated heterocycles. The van der Waals surface area contributed by atoms with Crippen LogP contribution in [0.25, 0.3) is 0 Å². The van der Waals surface area contributed by atoms with Crippen LogP contribution in [0, 0.1) is 0 Å². The third kappa shape index (κ3) is 3.53. The van der Waals surface area contributed by atoms with Crippen LogP contribution in [-0.4, -0.2) is 17.7 Å². The van der Waals surface area contributed by atoms with Crippen molar-refractivity contribution in [1.29, 1.82) is 0 Å². The summed E-state index contributed by atoms with van der Waals surface area (Å²) < 4.78 is 0. The van der Waals surface area contributed by atoms with Gasteiger partial charge in [0.2, 0.25) is 0 Å². The Morgan fingerprint density at radius 3 is 2.74 bits per heavy atom. The Balaban J connectivity index is 1.99. The van der Waals surface area contributed by atoms with Gasteiger partial charge >= 0.3 is 0 Å². The summed E-state index contributed by atoms with van der Waals surface area (Å²) >= 11 is 1.32. The SMILES string of the molecule is CC(=O)c1cc(C(=O)N[C@@H](C)C2=CCCCC2)cs1. The normalized spacial score (nSPS) is 16.6. The Labute approximate surface area is 117 Å². The molecule has 1 N–H and O–H groups in total. The lowest BCUT2D eigenvalue weighted by atomic mass is 9.94. The molecule has 1 aliphatic rings. The maximum Gasteiger partial charge on any atom is 0.252 e. The third-order valence-electron chi connectivity index (χ3n) is 3.44. The first-order chi connectivity index (χ1) is 9.08. The average Bonchev–Trinajstić information content (AvgIpc) is 2.89. The van der Waals surface area contributed by atoms with E-state index in [0.29, 0.717) is 10.4 Å². The van der Waals surface area contributed by atoms with Gasteiger partial charge in [-0.05, 0) is 45.6 Å². The van der Waals surface area contributed by atoms with Gasteiger partial charge in [0.25, 0.3) is 5.91 Å². The number of allylic oxidation sites excluding steroid dienone is 1. The monoisotopic (exact) mass is 277 g/mol. The predicted octanol–water partition coefficient (Wildman–Crippen LogP) is 3.57. The van der Waals surface area contributed by atoms with Gasteiger partial charge < -0.3 is 5.32 Å². The van der Waals surface area contributed by atoms with E-state index in [0.717, 1.165) is 12.8 Å². The first-order valence-electron chi connectivity index (χ1n) is 6.67. The van der Waals surface area contributed by atoms with Gasteiger partial charge in [0.15, 0.2) is 5.78 Å². The minimum Gasteiger partial charge on any atom is -0.346 e. The molecule has 0 unspecified atom stereocenters. The van der Waals surface area contributed by atoms with Crippen molar-refractivity contribution >= 4 is 23.0 Å². The van der Waals surface area contributed by atoms with Gasteiger partial charge in [0.05, 0.1) is 10.4 Å². The summed E-state index contributed by atoms with van der Waals surface area (Å²) in [6, 6.07) is 1.75. The van der Waals surface area contributed by atoms with Crippen LogP contribution in [-0.2, 0) is 0 Å². The number of carbonyl (C=O) groups excluding carboxylic acids is 2. The quantitative estimate of drug-likeness (QED) is 0.675. The lowest BCUT2D eigenvalue weighted by molar-refractivity contribution is 0.0945. The molecule has 0 aromatic carbocycles. The molecule has 0 radical (unpaired) electrons. The summed E-state index contributed by atoms with van der Waals surface area (Å²) in [6.45, 7) is 3.54. The molecule has 0 fully saturated rings. The molecular weight excluding hydrogens is 258 g/mol. The fourth-order valence-corrected chi connectivity index (χ4v) is 3.06. The zero-order valence-corrected chi connectivity index (χ0v) is 12.2. The zero-order valence-electron chi connectivity index (χ0n) is 11.4. The fourth-order valence-electron chi connectivity index (χ4n) is 2.27. The molecule has 1 heterocycles. The average molecular weight is 277 g/mol. The van der Waals surface area contributed by atoms with E-state index in [1.54, 1.807) is 11.4 Å². The molecule has 1 amide bonds. The Morgan fingerprint density at radius 1 is 1.37 bits per heavy atom. The predicted molar refractivity (Wildman–Crippen MR) is 77.8 cm³/mol. The first-order valence-corrected chi connectivity index (χ1v) is 7.55. The Kier molecular flexibility index (Phi) is 4.53. The van der Waals surface area contributed by atoms with Gasteiger partial charge in [0.1, 0.15) is 0 Å². The van der Waals surface area contributed by atoms with Crippen molar-refractivity contribution in [2.24, 2.45) is 0 Å². The van der Waals surface area contributed by atoms with Crippen molar-refractivity contribution in [2.45, 2.75) is 45.6 Å². The van der Waals surface area contributed by atoms with Crippen LogP contribution in [0.2, 0.25) is 0 Å². The fraction of sp³-hybridized carbons (Fsp3) is 0.467. The summed E-state index contributed by atoms with van der Waals surface area (Å²) in [6.07, 6.45) is 6.88. The van der Waals surface area contributed by atoms with Gasteiger partial charge in [-0.15, -0.1) is 11.3 Å². The molecule has 2 rings (SSSR count). The van der Waals surface area contributed by atoms with E-state index in [1.807, 2.05) is 6.92 Å². The summed E-state index contributed by atoms with van der Waals surface area (Å²) in [5, 5.41) is 4.75. The lowest BCUT2D eigenvalue weighted by Gasteiger charge is -2.20. The molecule has 1 aliphatic carbocycles. The van der Waals surface area contributed by atoms with E-state index in [-0.39, 0.29) is 17.7 Å². The molecule has 102 valence electrons. The number of hydrogen-bond donors (Lipinski definition) is 1. The van der Waals surface area contributed by atoms with Crippen molar-refractivity contribution in [1.82, 2.24) is 5.32 Å². The molecular formula is C15H19NO2S. The van der Waals surface area contributed by atoms with Crippen molar-refractivity contribution in [3.63, 3.8) is 0 Å². The van der Waals surface area contributed by atoms with E-state index in [9.17, 15) is 9.59 Å². The van der Waals surface area contributed by atoms with E-state index >= 15 is 0 Å². The lowest BCUT2D eigenvalue weighted by Crippen LogP contribution is -2.34. The smallest absolute Gasteiger partial charge is 0.252 e. The Bertz CT molecular complexity index is 516. The van der Waals surface area contributed by atoms with Crippen LogP contribution < -0.4 is 5.32 Å². The molecule has 3 nitrogen and oxygen atoms in total. The Hall–Kier alpha value is -1.42. The number of hydrogen-bond acceptors (Lipinski definition) is 3. The zero-order chi connectivity index (χ0) is 13.8. The number of rotatable bonds is 4. The highest BCUT2D eigenvalue weighted by molar-refractivity contribution is 7.12. The minimum absolute atomic E-state index is 0.00656. The molecule has 0 saturated carbocycles. The van der Waals surface area contributed by atoms with Crippen molar-refractivity contribution in [3.05, 3.63) is 33.5 Å². The first kappa shape index (κ1) is 14.0. The highest BCUT2D eigenvalue weighted by Gasteiger charge is 2.16. The maximum absolute atomic E-state index is 12.1. The van der Waals surface area contributed by atoms with Gasteiger partial charge in [-0.2, -0.15) is 0 Å². The van der Waals surface area contributed by atoms with Crippen LogP contribution in [0.5, 0.6) is 0 Å². The van der Waals surface area contributed by atoms with Crippen LogP contribution in [0.3, 0.4) is 0 Å². The molecule has 19 heavy (non-hydrogen) atoms. The molecule has 4 heteroatoms. The second kappa shape index (κ2) is 6.15. The Morgan fingerprint density at radius 2 is 2.16 bits per heavy atom. The largest absolute Gasteiger partial charge is 0.346 e. The molecule has 0 bridgehead atoms. The van der Waals surface area contributed by atoms with Crippen LogP contribution in [0.15, 0.2) is 23.1 Å². The summed E-state index contributed by atoms with van der Waals surface area (Å²) in [7, 11) is 0. The van der Waals surface area contributed by atoms with Crippen molar-refractivity contribution in [3.8, 4) is 0 Å². The van der Waals surface area contributed by atoms with E-state index in [1.165, 1.54) is 36.7 Å².